The van der Waals surface area contributed by atoms with Crippen molar-refractivity contribution in [2.75, 3.05) is 0 Å². The first-order valence-corrected chi connectivity index (χ1v) is 8.04. The van der Waals surface area contributed by atoms with E-state index < -0.39 is 11.7 Å². The van der Waals surface area contributed by atoms with Crippen LogP contribution in [0, 0.1) is 0 Å². The minimum Gasteiger partial charge on any atom is -0.508 e. The molecule has 3 atom stereocenters. The molecule has 1 saturated heterocycles. The summed E-state index contributed by atoms with van der Waals surface area (Å²) in [6, 6.07) is 2.37. The van der Waals surface area contributed by atoms with Gasteiger partial charge in [-0.15, -0.1) is 0 Å². The monoisotopic (exact) mass is 332 g/mol. The molecule has 1 aromatic carbocycles. The average molecular weight is 332 g/mol. The molecule has 0 radical (unpaired) electrons. The molecular formula is C18H20O6. The Hall–Kier alpha value is -2.34. The number of cyclic esters (lactones) is 1. The fraction of sp³-hybridized carbons (Fsp3) is 0.444. The van der Waals surface area contributed by atoms with E-state index in [0.29, 0.717) is 6.42 Å². The summed E-state index contributed by atoms with van der Waals surface area (Å²) < 4.78 is 10.9. The van der Waals surface area contributed by atoms with Crippen molar-refractivity contribution in [2.45, 2.75) is 50.9 Å². The second-order valence-electron chi connectivity index (χ2n) is 6.29. The van der Waals surface area contributed by atoms with Gasteiger partial charge < -0.3 is 19.7 Å². The van der Waals surface area contributed by atoms with Crippen molar-refractivity contribution in [3.63, 3.8) is 0 Å². The third kappa shape index (κ3) is 3.76. The van der Waals surface area contributed by atoms with Gasteiger partial charge >= 0.3 is 5.97 Å². The van der Waals surface area contributed by atoms with Gasteiger partial charge in [-0.2, -0.15) is 0 Å². The van der Waals surface area contributed by atoms with Crippen molar-refractivity contribution >= 4 is 11.8 Å². The zero-order valence-electron chi connectivity index (χ0n) is 13.4. The van der Waals surface area contributed by atoms with Crippen LogP contribution in [0.5, 0.6) is 11.5 Å². The summed E-state index contributed by atoms with van der Waals surface area (Å²) >= 11 is 0. The molecule has 3 rings (SSSR count). The van der Waals surface area contributed by atoms with Crippen molar-refractivity contribution < 1.29 is 29.3 Å². The van der Waals surface area contributed by atoms with Gasteiger partial charge in [0.2, 0.25) is 0 Å². The van der Waals surface area contributed by atoms with E-state index in [1.807, 2.05) is 0 Å². The molecule has 6 heteroatoms. The number of ether oxygens (including phenoxy) is 2. The molecule has 2 N–H and O–H groups in total. The number of phenolic OH excluding ortho intramolecular Hbond substituents is 2. The molecule has 0 amide bonds. The SMILES string of the molecule is C[C@@H]1C[C@H]2O[C@H]2CC/C=C/C(=O)Cc2cc(O)cc(O)c2C(=O)O1. The Kier molecular flexibility index (Phi) is 4.57. The quantitative estimate of drug-likeness (QED) is 0.559. The number of esters is 1. The number of hydrogen-bond acceptors (Lipinski definition) is 6. The molecular weight excluding hydrogens is 312 g/mol. The third-order valence-corrected chi connectivity index (χ3v) is 4.23. The maximum atomic E-state index is 12.4. The lowest BCUT2D eigenvalue weighted by atomic mass is 9.99. The van der Waals surface area contributed by atoms with E-state index in [0.717, 1.165) is 18.9 Å². The summed E-state index contributed by atoms with van der Waals surface area (Å²) in [7, 11) is 0. The second kappa shape index (κ2) is 6.65. The number of rotatable bonds is 0. The predicted octanol–water partition coefficient (Wildman–Crippen LogP) is 2.26. The maximum Gasteiger partial charge on any atom is 0.342 e. The van der Waals surface area contributed by atoms with E-state index in [-0.39, 0.29) is 47.4 Å². The van der Waals surface area contributed by atoms with Crippen LogP contribution in [-0.2, 0) is 20.7 Å². The number of phenols is 2. The van der Waals surface area contributed by atoms with Gasteiger partial charge in [-0.25, -0.2) is 4.79 Å². The number of benzene rings is 1. The lowest BCUT2D eigenvalue weighted by molar-refractivity contribution is -0.114. The summed E-state index contributed by atoms with van der Waals surface area (Å²) in [5.74, 6) is -1.53. The molecule has 0 aromatic heterocycles. The Bertz CT molecular complexity index is 693. The molecule has 1 fully saturated rings. The molecule has 24 heavy (non-hydrogen) atoms. The van der Waals surface area contributed by atoms with Gasteiger partial charge in [0.05, 0.1) is 12.2 Å². The Balaban J connectivity index is 1.92. The highest BCUT2D eigenvalue weighted by molar-refractivity contribution is 5.98. The van der Waals surface area contributed by atoms with E-state index in [1.165, 1.54) is 12.1 Å². The molecule has 128 valence electrons. The fourth-order valence-electron chi connectivity index (χ4n) is 3.02. The number of aromatic hydroxyl groups is 2. The van der Waals surface area contributed by atoms with Crippen LogP contribution < -0.4 is 0 Å². The Morgan fingerprint density at radius 2 is 1.96 bits per heavy atom. The molecule has 1 aromatic rings. The molecule has 0 saturated carbocycles. The number of ketones is 1. The van der Waals surface area contributed by atoms with Crippen molar-refractivity contribution in [3.05, 3.63) is 35.4 Å². The van der Waals surface area contributed by atoms with Gasteiger partial charge in [0.25, 0.3) is 0 Å². The van der Waals surface area contributed by atoms with E-state index >= 15 is 0 Å². The third-order valence-electron chi connectivity index (χ3n) is 4.23. The Labute approximate surface area is 139 Å². The molecule has 0 bridgehead atoms. The number of hydrogen-bond donors (Lipinski definition) is 2. The molecule has 2 heterocycles. The Morgan fingerprint density at radius 1 is 1.17 bits per heavy atom. The molecule has 2 aliphatic rings. The van der Waals surface area contributed by atoms with Crippen LogP contribution in [0.1, 0.15) is 42.1 Å². The molecule has 6 nitrogen and oxygen atoms in total. The van der Waals surface area contributed by atoms with Crippen LogP contribution in [0.3, 0.4) is 0 Å². The van der Waals surface area contributed by atoms with E-state index in [2.05, 4.69) is 0 Å². The number of carbonyl (C=O) groups excluding carboxylic acids is 2. The van der Waals surface area contributed by atoms with Gasteiger partial charge in [-0.1, -0.05) is 6.08 Å². The highest BCUT2D eigenvalue weighted by atomic mass is 16.6. The number of epoxide rings is 1. The number of allylic oxidation sites excluding steroid dienone is 2. The summed E-state index contributed by atoms with van der Waals surface area (Å²) in [5, 5.41) is 19.7. The first kappa shape index (κ1) is 16.5. The van der Waals surface area contributed by atoms with Crippen LogP contribution in [-0.4, -0.2) is 40.3 Å². The first-order valence-electron chi connectivity index (χ1n) is 8.04. The van der Waals surface area contributed by atoms with Gasteiger partial charge in [0.1, 0.15) is 23.2 Å². The van der Waals surface area contributed by atoms with E-state index in [9.17, 15) is 19.8 Å². The van der Waals surface area contributed by atoms with Crippen molar-refractivity contribution in [1.29, 1.82) is 0 Å². The standard InChI is InChI=1S/C18H20O6/c1-10-6-16-15(24-16)5-3-2-4-12(19)7-11-8-13(20)9-14(21)17(11)18(22)23-10/h2,4,8-10,15-16,20-21H,3,5-7H2,1H3/b4-2+/t10-,15+,16-/m1/s1. The largest absolute Gasteiger partial charge is 0.508 e. The Morgan fingerprint density at radius 3 is 2.75 bits per heavy atom. The number of carbonyl (C=O) groups is 2. The summed E-state index contributed by atoms with van der Waals surface area (Å²) in [6.07, 6.45) is 5.14. The van der Waals surface area contributed by atoms with Crippen LogP contribution in [0.4, 0.5) is 0 Å². The molecule has 0 unspecified atom stereocenters. The normalized spacial score (nSPS) is 29.0. The molecule has 0 spiro atoms. The zero-order valence-corrected chi connectivity index (χ0v) is 13.4. The van der Waals surface area contributed by atoms with Crippen molar-refractivity contribution in [2.24, 2.45) is 0 Å². The zero-order chi connectivity index (χ0) is 17.3. The maximum absolute atomic E-state index is 12.4. The lowest BCUT2D eigenvalue weighted by Gasteiger charge is -2.15. The number of fused-ring (bicyclic) bond motifs is 2. The lowest BCUT2D eigenvalue weighted by Crippen LogP contribution is -2.19. The fourth-order valence-corrected chi connectivity index (χ4v) is 3.02. The van der Waals surface area contributed by atoms with E-state index in [4.69, 9.17) is 9.47 Å². The van der Waals surface area contributed by atoms with E-state index in [1.54, 1.807) is 13.0 Å². The second-order valence-corrected chi connectivity index (χ2v) is 6.29. The van der Waals surface area contributed by atoms with Crippen molar-refractivity contribution in [1.82, 2.24) is 0 Å². The van der Waals surface area contributed by atoms with Crippen LogP contribution in [0.15, 0.2) is 24.3 Å². The van der Waals surface area contributed by atoms with Gasteiger partial charge in [0, 0.05) is 18.9 Å². The predicted molar refractivity (Wildman–Crippen MR) is 85.0 cm³/mol. The van der Waals surface area contributed by atoms with Crippen LogP contribution in [0.25, 0.3) is 0 Å². The smallest absolute Gasteiger partial charge is 0.342 e. The summed E-state index contributed by atoms with van der Waals surface area (Å²) in [6.45, 7) is 1.77. The van der Waals surface area contributed by atoms with Gasteiger partial charge in [-0.05, 0) is 37.5 Å². The highest BCUT2D eigenvalue weighted by Crippen LogP contribution is 2.33. The van der Waals surface area contributed by atoms with Gasteiger partial charge in [0.15, 0.2) is 5.78 Å². The molecule has 2 aliphatic heterocycles. The average Bonchev–Trinajstić information content (AvgIpc) is 3.19. The highest BCUT2D eigenvalue weighted by Gasteiger charge is 2.39. The molecule has 0 aliphatic carbocycles. The summed E-state index contributed by atoms with van der Waals surface area (Å²) in [4.78, 5) is 24.5. The van der Waals surface area contributed by atoms with Gasteiger partial charge in [-0.3, -0.25) is 4.79 Å². The van der Waals surface area contributed by atoms with Crippen LogP contribution >= 0.6 is 0 Å². The topological polar surface area (TPSA) is 96.4 Å². The van der Waals surface area contributed by atoms with Crippen molar-refractivity contribution in [3.8, 4) is 11.5 Å². The minimum atomic E-state index is -0.707. The first-order chi connectivity index (χ1) is 11.4. The minimum absolute atomic E-state index is 0.0627. The summed E-state index contributed by atoms with van der Waals surface area (Å²) in [5.41, 5.74) is 0.170. The van der Waals surface area contributed by atoms with Crippen LogP contribution in [0.2, 0.25) is 0 Å².